The molecule has 0 amide bonds. The fourth-order valence-corrected chi connectivity index (χ4v) is 3.16. The summed E-state index contributed by atoms with van der Waals surface area (Å²) < 4.78 is 0.863. The number of aryl methyl sites for hydroxylation is 2. The first-order chi connectivity index (χ1) is 8.69. The van der Waals surface area contributed by atoms with Gasteiger partial charge < -0.3 is 0 Å². The Hall–Kier alpha value is -0.870. The Morgan fingerprint density at radius 3 is 2.72 bits per heavy atom. The lowest BCUT2D eigenvalue weighted by molar-refractivity contribution is 0.877. The summed E-state index contributed by atoms with van der Waals surface area (Å²) in [5.74, 6) is 1.83. The van der Waals surface area contributed by atoms with Gasteiger partial charge in [0.15, 0.2) is 0 Å². The normalized spacial score (nSPS) is 10.6. The first-order valence-corrected chi connectivity index (χ1v) is 7.67. The van der Waals surface area contributed by atoms with Crippen molar-refractivity contribution in [3.63, 3.8) is 0 Å². The number of thioether (sulfide) groups is 1. The average molecular weight is 323 g/mol. The van der Waals surface area contributed by atoms with Crippen LogP contribution in [0, 0.1) is 6.92 Å². The van der Waals surface area contributed by atoms with Gasteiger partial charge in [-0.1, -0.05) is 31.2 Å². The number of hydrogen-bond acceptors (Lipinski definition) is 3. The highest BCUT2D eigenvalue weighted by atomic mass is 79.9. The molecule has 0 bridgehead atoms. The lowest BCUT2D eigenvalue weighted by atomic mass is 10.1. The number of nitrogens with zero attached hydrogens (tertiary/aromatic N) is 2. The Bertz CT molecular complexity index is 543. The molecule has 0 saturated heterocycles. The first-order valence-electron chi connectivity index (χ1n) is 5.90. The van der Waals surface area contributed by atoms with Crippen LogP contribution in [0.15, 0.2) is 40.0 Å². The predicted molar refractivity (Wildman–Crippen MR) is 79.9 cm³/mol. The highest BCUT2D eigenvalue weighted by Gasteiger charge is 2.04. The maximum Gasteiger partial charge on any atom is 0.130 e. The van der Waals surface area contributed by atoms with E-state index in [0.29, 0.717) is 0 Å². The topological polar surface area (TPSA) is 25.8 Å². The molecule has 1 heterocycles. The van der Waals surface area contributed by atoms with E-state index in [1.165, 1.54) is 11.1 Å². The van der Waals surface area contributed by atoms with Crippen LogP contribution in [0.25, 0.3) is 0 Å². The summed E-state index contributed by atoms with van der Waals surface area (Å²) in [5, 5.41) is 1.02. The maximum atomic E-state index is 4.52. The standard InChI is InChI=1S/C14H15BrN2S/c1-3-13-16-12(15)8-14(17-13)18-9-11-7-5-4-6-10(11)2/h4-8H,3,9H2,1-2H3. The molecule has 0 saturated carbocycles. The van der Waals surface area contributed by atoms with Crippen molar-refractivity contribution in [1.82, 2.24) is 9.97 Å². The molecule has 1 aromatic heterocycles. The molecule has 0 spiro atoms. The largest absolute Gasteiger partial charge is 0.227 e. The molecule has 4 heteroatoms. The SMILES string of the molecule is CCc1nc(Br)cc(SCc2ccccc2C)n1. The van der Waals surface area contributed by atoms with E-state index in [-0.39, 0.29) is 0 Å². The van der Waals surface area contributed by atoms with E-state index >= 15 is 0 Å². The minimum Gasteiger partial charge on any atom is -0.227 e. The van der Waals surface area contributed by atoms with Gasteiger partial charge in [-0.3, -0.25) is 0 Å². The summed E-state index contributed by atoms with van der Waals surface area (Å²) in [4.78, 5) is 8.84. The number of hydrogen-bond donors (Lipinski definition) is 0. The Balaban J connectivity index is 2.11. The van der Waals surface area contributed by atoms with Crippen molar-refractivity contribution in [3.8, 4) is 0 Å². The van der Waals surface area contributed by atoms with Crippen molar-refractivity contribution < 1.29 is 0 Å². The van der Waals surface area contributed by atoms with Crippen LogP contribution in [0.3, 0.4) is 0 Å². The average Bonchev–Trinajstić information content (AvgIpc) is 2.37. The molecule has 0 N–H and O–H groups in total. The van der Waals surface area contributed by atoms with Gasteiger partial charge in [-0.25, -0.2) is 9.97 Å². The van der Waals surface area contributed by atoms with Gasteiger partial charge in [0.1, 0.15) is 15.5 Å². The zero-order chi connectivity index (χ0) is 13.0. The van der Waals surface area contributed by atoms with Crippen LogP contribution in [0.5, 0.6) is 0 Å². The maximum absolute atomic E-state index is 4.52. The van der Waals surface area contributed by atoms with Crippen LogP contribution in [0.2, 0.25) is 0 Å². The molecular formula is C14H15BrN2S. The molecule has 1 aromatic carbocycles. The third kappa shape index (κ3) is 3.56. The summed E-state index contributed by atoms with van der Waals surface area (Å²) in [6.07, 6.45) is 0.858. The molecule has 2 nitrogen and oxygen atoms in total. The second kappa shape index (κ2) is 6.34. The Kier molecular flexibility index (Phi) is 4.78. The fourth-order valence-electron chi connectivity index (χ4n) is 1.60. The van der Waals surface area contributed by atoms with Gasteiger partial charge in [-0.2, -0.15) is 0 Å². The Morgan fingerprint density at radius 2 is 2.00 bits per heavy atom. The Morgan fingerprint density at radius 1 is 1.22 bits per heavy atom. The monoisotopic (exact) mass is 322 g/mol. The minimum atomic E-state index is 0.858. The van der Waals surface area contributed by atoms with Gasteiger partial charge in [0.05, 0.1) is 0 Å². The molecule has 0 aliphatic rings. The van der Waals surface area contributed by atoms with E-state index < -0.39 is 0 Å². The van der Waals surface area contributed by atoms with Gasteiger partial charge in [0.25, 0.3) is 0 Å². The molecule has 0 radical (unpaired) electrons. The third-order valence-corrected chi connectivity index (χ3v) is 4.04. The summed E-state index contributed by atoms with van der Waals surface area (Å²) in [5.41, 5.74) is 2.68. The molecule has 0 fully saturated rings. The van der Waals surface area contributed by atoms with Crippen molar-refractivity contribution >= 4 is 27.7 Å². The quantitative estimate of drug-likeness (QED) is 0.616. The van der Waals surface area contributed by atoms with E-state index in [4.69, 9.17) is 0 Å². The number of rotatable bonds is 4. The first kappa shape index (κ1) is 13.6. The van der Waals surface area contributed by atoms with Crippen LogP contribution in [0.1, 0.15) is 23.9 Å². The second-order valence-corrected chi connectivity index (χ2v) is 5.82. The van der Waals surface area contributed by atoms with Crippen LogP contribution in [-0.4, -0.2) is 9.97 Å². The zero-order valence-corrected chi connectivity index (χ0v) is 12.9. The molecule has 0 atom stereocenters. The smallest absolute Gasteiger partial charge is 0.130 e. The number of benzene rings is 1. The van der Waals surface area contributed by atoms with Gasteiger partial charge in [-0.15, -0.1) is 11.8 Å². The van der Waals surface area contributed by atoms with Gasteiger partial charge in [0.2, 0.25) is 0 Å². The molecule has 0 unspecified atom stereocenters. The highest BCUT2D eigenvalue weighted by Crippen LogP contribution is 2.24. The summed E-state index contributed by atoms with van der Waals surface area (Å²) in [6, 6.07) is 10.4. The third-order valence-electron chi connectivity index (χ3n) is 2.67. The zero-order valence-electron chi connectivity index (χ0n) is 10.5. The molecule has 0 aliphatic carbocycles. The fraction of sp³-hybridized carbons (Fsp3) is 0.286. The lowest BCUT2D eigenvalue weighted by Crippen LogP contribution is -1.95. The van der Waals surface area contributed by atoms with Crippen LogP contribution < -0.4 is 0 Å². The lowest BCUT2D eigenvalue weighted by Gasteiger charge is -2.06. The van der Waals surface area contributed by atoms with Gasteiger partial charge >= 0.3 is 0 Å². The molecule has 2 aromatic rings. The molecule has 2 rings (SSSR count). The summed E-state index contributed by atoms with van der Waals surface area (Å²) >= 11 is 5.18. The minimum absolute atomic E-state index is 0.858. The van der Waals surface area contributed by atoms with E-state index in [2.05, 4.69) is 64.0 Å². The van der Waals surface area contributed by atoms with E-state index in [0.717, 1.165) is 27.6 Å². The van der Waals surface area contributed by atoms with E-state index in [9.17, 15) is 0 Å². The van der Waals surface area contributed by atoms with Crippen molar-refractivity contribution in [2.75, 3.05) is 0 Å². The summed E-state index contributed by atoms with van der Waals surface area (Å²) in [7, 11) is 0. The molecule has 94 valence electrons. The molecule has 0 aliphatic heterocycles. The van der Waals surface area contributed by atoms with Crippen LogP contribution >= 0.6 is 27.7 Å². The van der Waals surface area contributed by atoms with E-state index in [1.807, 2.05) is 6.07 Å². The van der Waals surface area contributed by atoms with E-state index in [1.54, 1.807) is 11.8 Å². The van der Waals surface area contributed by atoms with Crippen molar-refractivity contribution in [2.45, 2.75) is 31.0 Å². The molecule has 18 heavy (non-hydrogen) atoms. The van der Waals surface area contributed by atoms with Crippen molar-refractivity contribution in [1.29, 1.82) is 0 Å². The highest BCUT2D eigenvalue weighted by molar-refractivity contribution is 9.10. The van der Waals surface area contributed by atoms with Crippen LogP contribution in [-0.2, 0) is 12.2 Å². The predicted octanol–water partition coefficient (Wildman–Crippen LogP) is 4.40. The van der Waals surface area contributed by atoms with Crippen molar-refractivity contribution in [3.05, 3.63) is 51.9 Å². The number of aromatic nitrogens is 2. The number of halogens is 1. The second-order valence-electron chi connectivity index (χ2n) is 4.01. The summed E-state index contributed by atoms with van der Waals surface area (Å²) in [6.45, 7) is 4.21. The Labute approximate surface area is 120 Å². The van der Waals surface area contributed by atoms with Crippen molar-refractivity contribution in [2.24, 2.45) is 0 Å². The molecular weight excluding hydrogens is 308 g/mol. The van der Waals surface area contributed by atoms with Gasteiger partial charge in [-0.05, 0) is 34.0 Å². The van der Waals surface area contributed by atoms with Crippen LogP contribution in [0.4, 0.5) is 0 Å². The van der Waals surface area contributed by atoms with Gasteiger partial charge in [0, 0.05) is 18.2 Å².